The van der Waals surface area contributed by atoms with Gasteiger partial charge in [-0.2, -0.15) is 0 Å². The van der Waals surface area contributed by atoms with Crippen molar-refractivity contribution in [2.24, 2.45) is 5.92 Å². The maximum absolute atomic E-state index is 11.1. The number of carbonyl (C=O) groups is 1. The molecule has 0 heterocycles. The summed E-state index contributed by atoms with van der Waals surface area (Å²) in [7, 11) is 5.72. The van der Waals surface area contributed by atoms with E-state index in [0.717, 1.165) is 12.0 Å². The fourth-order valence-electron chi connectivity index (χ4n) is 1.70. The second-order valence-corrected chi connectivity index (χ2v) is 3.70. The minimum absolute atomic E-state index is 0.311. The van der Waals surface area contributed by atoms with Gasteiger partial charge in [-0.3, -0.25) is 4.79 Å². The monoisotopic (exact) mass is 186 g/mol. The summed E-state index contributed by atoms with van der Waals surface area (Å²) in [6, 6.07) is 0. The second kappa shape index (κ2) is 4.99. The fraction of sp³-hybridized carbons (Fsp3) is 0.417. The number of ketones is 1. The van der Waals surface area contributed by atoms with Crippen LogP contribution in [0.3, 0.4) is 0 Å². The lowest BCUT2D eigenvalue weighted by Crippen LogP contribution is -1.97. The van der Waals surface area contributed by atoms with Gasteiger partial charge < -0.3 is 0 Å². The molecule has 2 radical (unpaired) electrons. The smallest absolute Gasteiger partial charge is 0.133 e. The predicted molar refractivity (Wildman–Crippen MR) is 60.1 cm³/mol. The summed E-state index contributed by atoms with van der Waals surface area (Å²) in [6.07, 6.45) is 7.85. The number of carbonyl (C=O) groups excluding carboxylic acids is 1. The van der Waals surface area contributed by atoms with Crippen molar-refractivity contribution < 1.29 is 4.79 Å². The Balaban J connectivity index is 2.58. The topological polar surface area (TPSA) is 17.1 Å². The predicted octanol–water partition coefficient (Wildman–Crippen LogP) is 2.54. The molecule has 0 N–H and O–H groups in total. The highest BCUT2D eigenvalue weighted by molar-refractivity contribution is 6.23. The van der Waals surface area contributed by atoms with E-state index in [-0.39, 0.29) is 0 Å². The summed E-state index contributed by atoms with van der Waals surface area (Å²) in [5.74, 6) is 0.653. The van der Waals surface area contributed by atoms with Crippen molar-refractivity contribution in [3.05, 3.63) is 35.9 Å². The van der Waals surface area contributed by atoms with Crippen LogP contribution in [0.15, 0.2) is 35.9 Å². The summed E-state index contributed by atoms with van der Waals surface area (Å²) < 4.78 is 0. The first-order valence-corrected chi connectivity index (χ1v) is 4.94. The largest absolute Gasteiger partial charge is 0.300 e. The van der Waals surface area contributed by atoms with E-state index in [1.54, 1.807) is 0 Å². The van der Waals surface area contributed by atoms with Crippen LogP contribution < -0.4 is 0 Å². The van der Waals surface area contributed by atoms with Gasteiger partial charge in [0, 0.05) is 12.8 Å². The van der Waals surface area contributed by atoms with E-state index >= 15 is 0 Å². The molecular weight excluding hydrogens is 171 g/mol. The van der Waals surface area contributed by atoms with Gasteiger partial charge in [-0.1, -0.05) is 35.9 Å². The first-order chi connectivity index (χ1) is 6.63. The minimum Gasteiger partial charge on any atom is -0.300 e. The fourth-order valence-corrected chi connectivity index (χ4v) is 1.70. The second-order valence-electron chi connectivity index (χ2n) is 3.70. The summed E-state index contributed by atoms with van der Waals surface area (Å²) in [5.41, 5.74) is 1.68. The lowest BCUT2D eigenvalue weighted by Gasteiger charge is -2.08. The number of allylic oxidation sites excluding steroid dienone is 5. The summed E-state index contributed by atoms with van der Waals surface area (Å²) >= 11 is 0. The van der Waals surface area contributed by atoms with Gasteiger partial charge in [0.25, 0.3) is 0 Å². The molecule has 0 bridgehead atoms. The summed E-state index contributed by atoms with van der Waals surface area (Å²) in [6.45, 7) is 5.87. The lowest BCUT2D eigenvalue weighted by molar-refractivity contribution is -0.117. The third-order valence-corrected chi connectivity index (χ3v) is 2.48. The molecule has 1 atom stereocenters. The molecule has 14 heavy (non-hydrogen) atoms. The van der Waals surface area contributed by atoms with E-state index in [4.69, 9.17) is 7.85 Å². The highest BCUT2D eigenvalue weighted by Crippen LogP contribution is 2.28. The number of Topliss-reactive ketones (excluding diaryl/α,β-unsaturated/α-hetero) is 1. The molecule has 0 unspecified atom stereocenters. The third-order valence-electron chi connectivity index (χ3n) is 2.48. The first kappa shape index (κ1) is 11.0. The Morgan fingerprint density at radius 3 is 2.86 bits per heavy atom. The van der Waals surface area contributed by atoms with Crippen molar-refractivity contribution >= 4 is 13.6 Å². The van der Waals surface area contributed by atoms with Crippen molar-refractivity contribution in [2.45, 2.75) is 26.2 Å². The lowest BCUT2D eigenvalue weighted by atomic mass is 9.89. The van der Waals surface area contributed by atoms with E-state index < -0.39 is 0 Å². The Hall–Kier alpha value is -1.05. The van der Waals surface area contributed by atoms with Gasteiger partial charge in [-0.15, -0.1) is 0 Å². The van der Waals surface area contributed by atoms with E-state index in [0.29, 0.717) is 30.0 Å². The normalized spacial score (nSPS) is 23.4. The molecule has 0 aliphatic heterocycles. The average Bonchev–Trinajstić information content (AvgIpc) is 2.52. The van der Waals surface area contributed by atoms with Crippen LogP contribution >= 0.6 is 0 Å². The summed E-state index contributed by atoms with van der Waals surface area (Å²) in [4.78, 5) is 11.1. The number of hydrogen-bond donors (Lipinski definition) is 0. The van der Waals surface area contributed by atoms with Crippen molar-refractivity contribution in [2.75, 3.05) is 0 Å². The number of rotatable bonds is 3. The van der Waals surface area contributed by atoms with Crippen LogP contribution in [-0.4, -0.2) is 13.6 Å². The molecule has 0 saturated heterocycles. The molecule has 2 heteroatoms. The molecule has 72 valence electrons. The molecular formula is C12H15BO. The van der Waals surface area contributed by atoms with Crippen molar-refractivity contribution in [1.82, 2.24) is 0 Å². The quantitative estimate of drug-likeness (QED) is 0.488. The Morgan fingerprint density at radius 1 is 1.64 bits per heavy atom. The van der Waals surface area contributed by atoms with E-state index in [1.165, 1.54) is 0 Å². The van der Waals surface area contributed by atoms with Gasteiger partial charge in [-0.05, 0) is 19.3 Å². The van der Waals surface area contributed by atoms with Crippen molar-refractivity contribution in [1.29, 1.82) is 0 Å². The standard InChI is InChI=1S/C12H15BO/c1-3-4-11(13)7-9(2)10-5-6-12(14)8-10/h3-4,7,10H,2,5-6,8H2,1H3/b4-3-,11-7+/t10-/m1/s1. The Kier molecular flexibility index (Phi) is 3.93. The zero-order valence-corrected chi connectivity index (χ0v) is 8.62. The molecule has 0 aromatic heterocycles. The van der Waals surface area contributed by atoms with Crippen LogP contribution in [0.5, 0.6) is 0 Å². The molecule has 1 aliphatic carbocycles. The van der Waals surface area contributed by atoms with E-state index in [1.807, 2.05) is 25.2 Å². The minimum atomic E-state index is 0.311. The molecule has 1 saturated carbocycles. The zero-order chi connectivity index (χ0) is 10.6. The van der Waals surface area contributed by atoms with Gasteiger partial charge >= 0.3 is 0 Å². The molecule has 1 rings (SSSR count). The van der Waals surface area contributed by atoms with Crippen LogP contribution in [0, 0.1) is 5.92 Å². The van der Waals surface area contributed by atoms with Crippen LogP contribution in [-0.2, 0) is 4.79 Å². The van der Waals surface area contributed by atoms with Crippen LogP contribution in [0.25, 0.3) is 0 Å². The molecule has 0 aromatic rings. The maximum atomic E-state index is 11.1. The van der Waals surface area contributed by atoms with Crippen LogP contribution in [0.2, 0.25) is 0 Å². The van der Waals surface area contributed by atoms with Crippen LogP contribution in [0.4, 0.5) is 0 Å². The van der Waals surface area contributed by atoms with Crippen molar-refractivity contribution in [3.63, 3.8) is 0 Å². The van der Waals surface area contributed by atoms with Gasteiger partial charge in [-0.25, -0.2) is 0 Å². The molecule has 0 aromatic carbocycles. The average molecular weight is 186 g/mol. The van der Waals surface area contributed by atoms with Gasteiger partial charge in [0.2, 0.25) is 0 Å². The van der Waals surface area contributed by atoms with E-state index in [2.05, 4.69) is 6.58 Å². The molecule has 1 aliphatic rings. The van der Waals surface area contributed by atoms with E-state index in [9.17, 15) is 4.79 Å². The summed E-state index contributed by atoms with van der Waals surface area (Å²) in [5, 5.41) is 0. The molecule has 0 spiro atoms. The molecule has 1 fully saturated rings. The van der Waals surface area contributed by atoms with Crippen LogP contribution in [0.1, 0.15) is 26.2 Å². The number of hydrogen-bond acceptors (Lipinski definition) is 1. The highest BCUT2D eigenvalue weighted by atomic mass is 16.1. The van der Waals surface area contributed by atoms with Gasteiger partial charge in [0.05, 0.1) is 0 Å². The van der Waals surface area contributed by atoms with Gasteiger partial charge in [0.15, 0.2) is 0 Å². The SMILES string of the molecule is [B]C(/C=C\C)=C/C(=C)[C@@H]1CCC(=O)C1. The molecule has 0 amide bonds. The zero-order valence-electron chi connectivity index (χ0n) is 8.62. The highest BCUT2D eigenvalue weighted by Gasteiger charge is 2.22. The Labute approximate surface area is 87.0 Å². The first-order valence-electron chi connectivity index (χ1n) is 4.94. The molecule has 1 nitrogen and oxygen atoms in total. The maximum Gasteiger partial charge on any atom is 0.133 e. The third kappa shape index (κ3) is 3.02. The Morgan fingerprint density at radius 2 is 2.36 bits per heavy atom. The van der Waals surface area contributed by atoms with Crippen molar-refractivity contribution in [3.8, 4) is 0 Å². The Bertz CT molecular complexity index is 299. The van der Waals surface area contributed by atoms with Gasteiger partial charge in [0.1, 0.15) is 13.6 Å².